The normalized spacial score (nSPS) is 10.0. The average molecular weight is 185 g/mol. The maximum absolute atomic E-state index is 12.7. The number of carbonyl (C=O) groups excluding carboxylic acids is 1. The number of benzene rings is 1. The number of phenolic OH excluding ortho intramolecular Hbond substituents is 2. The molecule has 1 aromatic carbocycles. The minimum absolute atomic E-state index is 0.0599. The van der Waals surface area contributed by atoms with Crippen molar-refractivity contribution in [3.05, 3.63) is 23.5 Å². The molecule has 4 N–H and O–H groups in total. The fraction of sp³-hybridized carbons (Fsp3) is 0.125. The van der Waals surface area contributed by atoms with Gasteiger partial charge in [0, 0.05) is 5.56 Å². The molecular weight excluding hydrogens is 177 g/mol. The maximum Gasteiger partial charge on any atom is 0.194 e. The average Bonchev–Trinajstić information content (AvgIpc) is 2.12. The van der Waals surface area contributed by atoms with E-state index < -0.39 is 23.1 Å². The van der Waals surface area contributed by atoms with Crippen LogP contribution in [0.1, 0.15) is 10.4 Å². The largest absolute Gasteiger partial charge is 0.504 e. The lowest BCUT2D eigenvalue weighted by atomic mass is 10.1. The summed E-state index contributed by atoms with van der Waals surface area (Å²) in [5.74, 6) is -3.09. The van der Waals surface area contributed by atoms with Crippen LogP contribution in [0.3, 0.4) is 0 Å². The summed E-state index contributed by atoms with van der Waals surface area (Å²) in [6.07, 6.45) is 0. The number of ketones is 1. The van der Waals surface area contributed by atoms with Gasteiger partial charge < -0.3 is 15.9 Å². The van der Waals surface area contributed by atoms with Crippen LogP contribution in [-0.4, -0.2) is 22.5 Å². The Morgan fingerprint density at radius 2 is 2.08 bits per heavy atom. The molecule has 0 aliphatic carbocycles. The van der Waals surface area contributed by atoms with E-state index in [9.17, 15) is 9.18 Å². The zero-order valence-electron chi connectivity index (χ0n) is 6.62. The van der Waals surface area contributed by atoms with Gasteiger partial charge in [0.25, 0.3) is 0 Å². The molecule has 0 aromatic heterocycles. The van der Waals surface area contributed by atoms with Crippen molar-refractivity contribution in [2.45, 2.75) is 0 Å². The van der Waals surface area contributed by atoms with Gasteiger partial charge in [0.1, 0.15) is 0 Å². The van der Waals surface area contributed by atoms with Crippen molar-refractivity contribution in [3.8, 4) is 11.5 Å². The summed E-state index contributed by atoms with van der Waals surface area (Å²) in [5.41, 5.74) is 4.97. The molecule has 1 aromatic rings. The van der Waals surface area contributed by atoms with Crippen molar-refractivity contribution in [2.24, 2.45) is 5.73 Å². The third kappa shape index (κ3) is 1.75. The standard InChI is InChI=1S/C8H8FNO3/c9-5-1-4(7(12)3-10)2-6(11)8(5)13/h1-2,11,13H,3,10H2. The van der Waals surface area contributed by atoms with Crippen molar-refractivity contribution in [2.75, 3.05) is 6.54 Å². The lowest BCUT2D eigenvalue weighted by Crippen LogP contribution is -2.13. The van der Waals surface area contributed by atoms with Crippen LogP contribution in [0.2, 0.25) is 0 Å². The van der Waals surface area contributed by atoms with Gasteiger partial charge in [0.05, 0.1) is 6.54 Å². The van der Waals surface area contributed by atoms with Crippen LogP contribution < -0.4 is 5.73 Å². The third-order valence-corrected chi connectivity index (χ3v) is 1.55. The Hall–Kier alpha value is -1.62. The molecule has 0 amide bonds. The smallest absolute Gasteiger partial charge is 0.194 e. The number of carbonyl (C=O) groups is 1. The Kier molecular flexibility index (Phi) is 2.48. The molecule has 0 atom stereocenters. The van der Waals surface area contributed by atoms with Crippen LogP contribution in [0, 0.1) is 5.82 Å². The summed E-state index contributed by atoms with van der Waals surface area (Å²) in [4.78, 5) is 10.9. The van der Waals surface area contributed by atoms with E-state index >= 15 is 0 Å². The number of hydrogen-bond donors (Lipinski definition) is 3. The zero-order chi connectivity index (χ0) is 10.0. The number of halogens is 1. The van der Waals surface area contributed by atoms with E-state index in [1.54, 1.807) is 0 Å². The summed E-state index contributed by atoms with van der Waals surface area (Å²) >= 11 is 0. The second kappa shape index (κ2) is 3.40. The second-order valence-corrected chi connectivity index (χ2v) is 2.45. The highest BCUT2D eigenvalue weighted by Crippen LogP contribution is 2.28. The van der Waals surface area contributed by atoms with E-state index in [4.69, 9.17) is 15.9 Å². The molecule has 13 heavy (non-hydrogen) atoms. The quantitative estimate of drug-likeness (QED) is 0.459. The first-order chi connectivity index (χ1) is 6.06. The molecule has 0 fully saturated rings. The lowest BCUT2D eigenvalue weighted by Gasteiger charge is -2.02. The van der Waals surface area contributed by atoms with E-state index in [-0.39, 0.29) is 12.1 Å². The summed E-state index contributed by atoms with van der Waals surface area (Å²) in [5, 5.41) is 17.8. The van der Waals surface area contributed by atoms with Crippen molar-refractivity contribution >= 4 is 5.78 Å². The number of hydrogen-bond acceptors (Lipinski definition) is 4. The first kappa shape index (κ1) is 9.47. The Bertz CT molecular complexity index is 328. The lowest BCUT2D eigenvalue weighted by molar-refractivity contribution is 0.100. The van der Waals surface area contributed by atoms with Gasteiger partial charge in [-0.25, -0.2) is 4.39 Å². The van der Waals surface area contributed by atoms with Crippen LogP contribution in [0.5, 0.6) is 11.5 Å². The van der Waals surface area contributed by atoms with Gasteiger partial charge in [0.2, 0.25) is 0 Å². The molecule has 0 bridgehead atoms. The molecular formula is C8H8FNO3. The predicted molar refractivity (Wildman–Crippen MR) is 43.1 cm³/mol. The van der Waals surface area contributed by atoms with Gasteiger partial charge in [-0.15, -0.1) is 0 Å². The number of aromatic hydroxyl groups is 2. The molecule has 0 saturated carbocycles. The van der Waals surface area contributed by atoms with Gasteiger partial charge >= 0.3 is 0 Å². The first-order valence-electron chi connectivity index (χ1n) is 3.51. The molecule has 4 nitrogen and oxygen atoms in total. The Morgan fingerprint density at radius 1 is 1.46 bits per heavy atom. The van der Waals surface area contributed by atoms with E-state index in [1.165, 1.54) is 0 Å². The number of nitrogens with two attached hydrogens (primary N) is 1. The SMILES string of the molecule is NCC(=O)c1cc(O)c(O)c(F)c1. The minimum atomic E-state index is -1.04. The number of Topliss-reactive ketones (excluding diaryl/α,β-unsaturated/α-hetero) is 1. The third-order valence-electron chi connectivity index (χ3n) is 1.55. The van der Waals surface area contributed by atoms with E-state index in [0.29, 0.717) is 0 Å². The monoisotopic (exact) mass is 185 g/mol. The highest BCUT2D eigenvalue weighted by atomic mass is 19.1. The Morgan fingerprint density at radius 3 is 2.54 bits per heavy atom. The molecule has 1 rings (SSSR count). The molecule has 0 unspecified atom stereocenters. The molecule has 0 radical (unpaired) electrons. The highest BCUT2D eigenvalue weighted by Gasteiger charge is 2.12. The Balaban J connectivity index is 3.20. The van der Waals surface area contributed by atoms with Crippen molar-refractivity contribution in [1.29, 1.82) is 0 Å². The first-order valence-corrected chi connectivity index (χ1v) is 3.51. The van der Waals surface area contributed by atoms with E-state index in [2.05, 4.69) is 0 Å². The van der Waals surface area contributed by atoms with E-state index in [1.807, 2.05) is 0 Å². The molecule has 0 spiro atoms. The van der Waals surface area contributed by atoms with Crippen LogP contribution in [0.4, 0.5) is 4.39 Å². The summed E-state index contributed by atoms with van der Waals surface area (Å²) in [7, 11) is 0. The second-order valence-electron chi connectivity index (χ2n) is 2.45. The molecule has 0 aliphatic heterocycles. The van der Waals surface area contributed by atoms with Crippen LogP contribution >= 0.6 is 0 Å². The van der Waals surface area contributed by atoms with Crippen molar-refractivity contribution < 1.29 is 19.4 Å². The van der Waals surface area contributed by atoms with Gasteiger partial charge in [-0.2, -0.15) is 0 Å². The predicted octanol–water partition coefficient (Wildman–Crippen LogP) is 0.378. The van der Waals surface area contributed by atoms with Gasteiger partial charge in [0.15, 0.2) is 23.1 Å². The van der Waals surface area contributed by atoms with Gasteiger partial charge in [-0.05, 0) is 12.1 Å². The highest BCUT2D eigenvalue weighted by molar-refractivity contribution is 5.98. The minimum Gasteiger partial charge on any atom is -0.504 e. The molecule has 0 saturated heterocycles. The molecule has 0 heterocycles. The summed E-state index contributed by atoms with van der Waals surface area (Å²) in [6, 6.07) is 1.79. The zero-order valence-corrected chi connectivity index (χ0v) is 6.62. The van der Waals surface area contributed by atoms with Crippen molar-refractivity contribution in [1.82, 2.24) is 0 Å². The summed E-state index contributed by atoms with van der Waals surface area (Å²) < 4.78 is 12.7. The number of rotatable bonds is 2. The molecule has 0 aliphatic rings. The van der Waals surface area contributed by atoms with Crippen LogP contribution in [-0.2, 0) is 0 Å². The van der Waals surface area contributed by atoms with Crippen molar-refractivity contribution in [3.63, 3.8) is 0 Å². The number of phenols is 2. The van der Waals surface area contributed by atoms with Crippen LogP contribution in [0.15, 0.2) is 12.1 Å². The maximum atomic E-state index is 12.7. The van der Waals surface area contributed by atoms with Gasteiger partial charge in [-0.1, -0.05) is 0 Å². The fourth-order valence-corrected chi connectivity index (χ4v) is 0.863. The van der Waals surface area contributed by atoms with Gasteiger partial charge in [-0.3, -0.25) is 4.79 Å². The topological polar surface area (TPSA) is 83.6 Å². The molecule has 5 heteroatoms. The van der Waals surface area contributed by atoms with E-state index in [0.717, 1.165) is 12.1 Å². The van der Waals surface area contributed by atoms with Crippen LogP contribution in [0.25, 0.3) is 0 Å². The summed E-state index contributed by atoms with van der Waals surface area (Å²) in [6.45, 7) is -0.274. The molecule has 70 valence electrons. The Labute approximate surface area is 73.4 Å². The fourth-order valence-electron chi connectivity index (χ4n) is 0.863.